The summed E-state index contributed by atoms with van der Waals surface area (Å²) in [6, 6.07) is 7.78. The second-order valence-electron chi connectivity index (χ2n) is 3.34. The van der Waals surface area contributed by atoms with Crippen molar-refractivity contribution in [3.63, 3.8) is 0 Å². The van der Waals surface area contributed by atoms with Gasteiger partial charge in [0.1, 0.15) is 11.6 Å². The lowest BCUT2D eigenvalue weighted by atomic mass is 10.2. The number of hydrogen-bond acceptors (Lipinski definition) is 4. The summed E-state index contributed by atoms with van der Waals surface area (Å²) < 4.78 is 0. The molecule has 0 saturated carbocycles. The SMILES string of the molecule is NCc1cc(=O)[nH]c(-c2ccc(O)cc2)n1. The highest BCUT2D eigenvalue weighted by molar-refractivity contribution is 5.55. The van der Waals surface area contributed by atoms with Crippen LogP contribution < -0.4 is 11.3 Å². The lowest BCUT2D eigenvalue weighted by Gasteiger charge is -2.02. The standard InChI is InChI=1S/C11H11N3O2/c12-6-8-5-10(16)14-11(13-8)7-1-3-9(15)4-2-7/h1-5,15H,6,12H2,(H,13,14,16). The van der Waals surface area contributed by atoms with Crippen LogP contribution in [0.15, 0.2) is 35.1 Å². The molecule has 0 spiro atoms. The second-order valence-corrected chi connectivity index (χ2v) is 3.34. The predicted molar refractivity (Wildman–Crippen MR) is 59.8 cm³/mol. The number of aromatic hydroxyl groups is 1. The number of phenolic OH excluding ortho intramolecular Hbond substituents is 1. The summed E-state index contributed by atoms with van der Waals surface area (Å²) in [6.45, 7) is 0.217. The Bertz CT molecular complexity index is 546. The fourth-order valence-corrected chi connectivity index (χ4v) is 1.37. The Kier molecular flexibility index (Phi) is 2.70. The van der Waals surface area contributed by atoms with Crippen LogP contribution in [0.3, 0.4) is 0 Å². The van der Waals surface area contributed by atoms with Crippen LogP contribution in [-0.2, 0) is 6.54 Å². The Balaban J connectivity index is 2.51. The molecule has 5 heteroatoms. The van der Waals surface area contributed by atoms with Gasteiger partial charge in [0.15, 0.2) is 0 Å². The maximum Gasteiger partial charge on any atom is 0.251 e. The van der Waals surface area contributed by atoms with Crippen molar-refractivity contribution in [1.29, 1.82) is 0 Å². The molecule has 0 aliphatic rings. The van der Waals surface area contributed by atoms with E-state index >= 15 is 0 Å². The maximum atomic E-state index is 11.3. The number of aromatic amines is 1. The number of nitrogens with one attached hydrogen (secondary N) is 1. The number of H-pyrrole nitrogens is 1. The van der Waals surface area contributed by atoms with Crippen molar-refractivity contribution in [3.05, 3.63) is 46.4 Å². The van der Waals surface area contributed by atoms with Gasteiger partial charge in [-0.1, -0.05) is 0 Å². The van der Waals surface area contributed by atoms with Crippen LogP contribution >= 0.6 is 0 Å². The Morgan fingerprint density at radius 2 is 2.00 bits per heavy atom. The van der Waals surface area contributed by atoms with Gasteiger partial charge >= 0.3 is 0 Å². The number of phenols is 1. The molecule has 0 bridgehead atoms. The zero-order chi connectivity index (χ0) is 11.5. The number of aromatic nitrogens is 2. The van der Waals surface area contributed by atoms with E-state index in [4.69, 9.17) is 10.8 Å². The Labute approximate surface area is 91.6 Å². The maximum absolute atomic E-state index is 11.3. The minimum absolute atomic E-state index is 0.168. The molecular weight excluding hydrogens is 206 g/mol. The highest BCUT2D eigenvalue weighted by atomic mass is 16.3. The zero-order valence-electron chi connectivity index (χ0n) is 8.47. The first-order valence-electron chi connectivity index (χ1n) is 4.79. The van der Waals surface area contributed by atoms with Crippen molar-refractivity contribution in [1.82, 2.24) is 9.97 Å². The van der Waals surface area contributed by atoms with Crippen molar-refractivity contribution >= 4 is 0 Å². The molecule has 0 fully saturated rings. The third-order valence-electron chi connectivity index (χ3n) is 2.14. The molecule has 0 aliphatic heterocycles. The van der Waals surface area contributed by atoms with E-state index < -0.39 is 0 Å². The molecule has 2 aromatic rings. The third kappa shape index (κ3) is 2.09. The molecule has 1 aromatic heterocycles. The van der Waals surface area contributed by atoms with Crippen molar-refractivity contribution < 1.29 is 5.11 Å². The number of nitrogens with two attached hydrogens (primary N) is 1. The summed E-state index contributed by atoms with van der Waals surface area (Å²) in [7, 11) is 0. The van der Waals surface area contributed by atoms with Gasteiger partial charge in [0, 0.05) is 18.2 Å². The van der Waals surface area contributed by atoms with E-state index in [1.807, 2.05) is 0 Å². The summed E-state index contributed by atoms with van der Waals surface area (Å²) in [4.78, 5) is 18.1. The zero-order valence-corrected chi connectivity index (χ0v) is 8.47. The summed E-state index contributed by atoms with van der Waals surface area (Å²) >= 11 is 0. The monoisotopic (exact) mass is 217 g/mol. The topological polar surface area (TPSA) is 92.0 Å². The average Bonchev–Trinajstić information content (AvgIpc) is 2.29. The van der Waals surface area contributed by atoms with Crippen LogP contribution in [0.5, 0.6) is 5.75 Å². The molecule has 5 nitrogen and oxygen atoms in total. The summed E-state index contributed by atoms with van der Waals surface area (Å²) in [5.74, 6) is 0.619. The van der Waals surface area contributed by atoms with E-state index in [1.54, 1.807) is 12.1 Å². The van der Waals surface area contributed by atoms with E-state index in [2.05, 4.69) is 9.97 Å². The molecule has 1 heterocycles. The van der Waals surface area contributed by atoms with Crippen molar-refractivity contribution in [2.45, 2.75) is 6.54 Å². The van der Waals surface area contributed by atoms with Crippen molar-refractivity contribution in [2.24, 2.45) is 5.73 Å². The average molecular weight is 217 g/mol. The van der Waals surface area contributed by atoms with Gasteiger partial charge in [0.2, 0.25) is 0 Å². The highest BCUT2D eigenvalue weighted by Gasteiger charge is 2.02. The molecule has 4 N–H and O–H groups in total. The fraction of sp³-hybridized carbons (Fsp3) is 0.0909. The molecule has 82 valence electrons. The van der Waals surface area contributed by atoms with Gasteiger partial charge in [-0.15, -0.1) is 0 Å². The quantitative estimate of drug-likeness (QED) is 0.686. The van der Waals surface area contributed by atoms with E-state index in [-0.39, 0.29) is 17.9 Å². The number of benzene rings is 1. The predicted octanol–water partition coefficient (Wildman–Crippen LogP) is 0.601. The second kappa shape index (κ2) is 4.16. The summed E-state index contributed by atoms with van der Waals surface area (Å²) in [5.41, 5.74) is 6.46. The van der Waals surface area contributed by atoms with Crippen molar-refractivity contribution in [2.75, 3.05) is 0 Å². The fourth-order valence-electron chi connectivity index (χ4n) is 1.37. The molecular formula is C11H11N3O2. The molecule has 0 saturated heterocycles. The van der Waals surface area contributed by atoms with E-state index in [9.17, 15) is 4.79 Å². The van der Waals surface area contributed by atoms with Crippen LogP contribution in [0.25, 0.3) is 11.4 Å². The lowest BCUT2D eigenvalue weighted by Crippen LogP contribution is -2.12. The van der Waals surface area contributed by atoms with Gasteiger partial charge in [0.05, 0.1) is 5.69 Å². The first-order valence-corrected chi connectivity index (χ1v) is 4.79. The molecule has 1 aromatic carbocycles. The van der Waals surface area contributed by atoms with Crippen LogP contribution in [-0.4, -0.2) is 15.1 Å². The van der Waals surface area contributed by atoms with Gasteiger partial charge in [-0.2, -0.15) is 0 Å². The molecule has 0 radical (unpaired) electrons. The van der Waals surface area contributed by atoms with Crippen LogP contribution in [0.1, 0.15) is 5.69 Å². The first-order chi connectivity index (χ1) is 7.69. The van der Waals surface area contributed by atoms with Crippen LogP contribution in [0, 0.1) is 0 Å². The molecule has 16 heavy (non-hydrogen) atoms. The Morgan fingerprint density at radius 3 is 2.62 bits per heavy atom. The molecule has 0 atom stereocenters. The third-order valence-corrected chi connectivity index (χ3v) is 2.14. The molecule has 0 aliphatic carbocycles. The Hall–Kier alpha value is -2.14. The van der Waals surface area contributed by atoms with E-state index in [1.165, 1.54) is 18.2 Å². The van der Waals surface area contributed by atoms with Crippen molar-refractivity contribution in [3.8, 4) is 17.1 Å². The van der Waals surface area contributed by atoms with E-state index in [0.717, 1.165) is 5.56 Å². The number of hydrogen-bond donors (Lipinski definition) is 3. The molecule has 0 unspecified atom stereocenters. The number of nitrogens with zero attached hydrogens (tertiary/aromatic N) is 1. The Morgan fingerprint density at radius 1 is 1.31 bits per heavy atom. The van der Waals surface area contributed by atoms with Crippen LogP contribution in [0.4, 0.5) is 0 Å². The largest absolute Gasteiger partial charge is 0.508 e. The molecule has 2 rings (SSSR count). The van der Waals surface area contributed by atoms with Crippen LogP contribution in [0.2, 0.25) is 0 Å². The smallest absolute Gasteiger partial charge is 0.251 e. The molecule has 0 amide bonds. The van der Waals surface area contributed by atoms with Gasteiger partial charge < -0.3 is 15.8 Å². The summed E-state index contributed by atoms with van der Waals surface area (Å²) in [6.07, 6.45) is 0. The minimum Gasteiger partial charge on any atom is -0.508 e. The van der Waals surface area contributed by atoms with Gasteiger partial charge in [-0.3, -0.25) is 4.79 Å². The lowest BCUT2D eigenvalue weighted by molar-refractivity contribution is 0.475. The van der Waals surface area contributed by atoms with Gasteiger partial charge in [-0.25, -0.2) is 4.98 Å². The van der Waals surface area contributed by atoms with Gasteiger partial charge in [0.25, 0.3) is 5.56 Å². The van der Waals surface area contributed by atoms with Gasteiger partial charge in [-0.05, 0) is 24.3 Å². The minimum atomic E-state index is -0.237. The number of rotatable bonds is 2. The first kappa shape index (κ1) is 10.4. The normalized spacial score (nSPS) is 10.3. The highest BCUT2D eigenvalue weighted by Crippen LogP contribution is 2.17. The summed E-state index contributed by atoms with van der Waals surface area (Å²) in [5, 5.41) is 9.15. The van der Waals surface area contributed by atoms with E-state index in [0.29, 0.717) is 11.5 Å².